The van der Waals surface area contributed by atoms with Crippen molar-refractivity contribution in [3.05, 3.63) is 51.6 Å². The lowest BCUT2D eigenvalue weighted by Crippen LogP contribution is -2.66. The van der Waals surface area contributed by atoms with Crippen LogP contribution in [0.3, 0.4) is 0 Å². The third kappa shape index (κ3) is 12.0. The topological polar surface area (TPSA) is 234 Å². The highest BCUT2D eigenvalue weighted by Crippen LogP contribution is 2.48. The average molecular weight is 914 g/mol. The SMILES string of the molecule is C.C1CC2OCCC2O1.CCC.COc1cccc2c1C(=O)c1c(O)c3c(c(O)c1C2=O)CC(C(=O)N1CC2CCC1CN2C(=O)CCO)CC3.OC1CCCCO1.OC1COCCN1. The van der Waals surface area contributed by atoms with Gasteiger partial charge >= 0.3 is 0 Å². The van der Waals surface area contributed by atoms with Crippen LogP contribution in [0.15, 0.2) is 18.2 Å². The zero-order valence-electron chi connectivity index (χ0n) is 37.4. The fourth-order valence-electron chi connectivity index (χ4n) is 9.59. The van der Waals surface area contributed by atoms with E-state index in [1.165, 1.54) is 19.6 Å². The zero-order valence-corrected chi connectivity index (χ0v) is 37.4. The number of ketones is 2. The van der Waals surface area contributed by atoms with E-state index in [2.05, 4.69) is 19.2 Å². The van der Waals surface area contributed by atoms with Crippen molar-refractivity contribution in [1.29, 1.82) is 0 Å². The van der Waals surface area contributed by atoms with E-state index in [1.807, 2.05) is 4.90 Å². The molecule has 65 heavy (non-hydrogen) atoms. The Kier molecular flexibility index (Phi) is 19.5. The highest BCUT2D eigenvalue weighted by Gasteiger charge is 2.46. The van der Waals surface area contributed by atoms with Gasteiger partial charge in [-0.15, -0.1) is 0 Å². The van der Waals surface area contributed by atoms with Gasteiger partial charge in [0.2, 0.25) is 17.6 Å². The monoisotopic (exact) mass is 913 g/mol. The first-order chi connectivity index (χ1) is 30.9. The predicted octanol–water partition coefficient (Wildman–Crippen LogP) is 3.62. The molecule has 2 amide bonds. The number of carbonyl (C=O) groups is 4. The summed E-state index contributed by atoms with van der Waals surface area (Å²) < 4.78 is 25.7. The van der Waals surface area contributed by atoms with Crippen LogP contribution >= 0.6 is 0 Å². The first-order valence-corrected chi connectivity index (χ1v) is 23.0. The number of aliphatic hydroxyl groups excluding tert-OH is 3. The molecule has 362 valence electrons. The van der Waals surface area contributed by atoms with Crippen LogP contribution in [-0.4, -0.2) is 162 Å². The van der Waals surface area contributed by atoms with Gasteiger partial charge in [0.1, 0.15) is 23.5 Å². The minimum absolute atomic E-state index is 0. The van der Waals surface area contributed by atoms with Gasteiger partial charge in [0.25, 0.3) is 0 Å². The Labute approximate surface area is 382 Å². The zero-order chi connectivity index (χ0) is 45.9. The van der Waals surface area contributed by atoms with Crippen LogP contribution in [0.5, 0.6) is 17.2 Å². The van der Waals surface area contributed by atoms with Crippen molar-refractivity contribution >= 4 is 23.4 Å². The summed E-state index contributed by atoms with van der Waals surface area (Å²) in [7, 11) is 1.39. The molecule has 0 saturated carbocycles. The minimum atomic E-state index is -0.588. The molecule has 2 aromatic carbocycles. The molecule has 7 atom stereocenters. The lowest BCUT2D eigenvalue weighted by Gasteiger charge is -2.52. The number of rotatable bonds is 4. The van der Waals surface area contributed by atoms with Crippen LogP contribution < -0.4 is 10.1 Å². The maximum atomic E-state index is 13.7. The number of methoxy groups -OCH3 is 1. The molecule has 6 N–H and O–H groups in total. The largest absolute Gasteiger partial charge is 0.507 e. The Balaban J connectivity index is 0.000000244. The molecule has 7 fully saturated rings. The number of piperazine rings is 1. The van der Waals surface area contributed by atoms with E-state index < -0.39 is 30.0 Å². The molecule has 17 heteroatoms. The number of nitrogens with zero attached hydrogens (tertiary/aromatic N) is 2. The highest BCUT2D eigenvalue weighted by molar-refractivity contribution is 6.31. The molecule has 9 aliphatic rings. The number of aromatic hydroxyl groups is 2. The average Bonchev–Trinajstić information content (AvgIpc) is 3.97. The van der Waals surface area contributed by atoms with E-state index in [1.54, 1.807) is 17.0 Å². The molecule has 7 saturated heterocycles. The third-order valence-corrected chi connectivity index (χ3v) is 12.8. The summed E-state index contributed by atoms with van der Waals surface area (Å²) in [5, 5.41) is 51.8. The van der Waals surface area contributed by atoms with Gasteiger partial charge in [0, 0.05) is 80.6 Å². The lowest BCUT2D eigenvalue weighted by molar-refractivity contribution is -0.155. The molecular weight excluding hydrogens is 843 g/mol. The molecule has 2 aliphatic carbocycles. The summed E-state index contributed by atoms with van der Waals surface area (Å²) in [4.78, 5) is 56.6. The normalized spacial score (nSPS) is 26.9. The number of carbonyl (C=O) groups excluding carboxylic acids is 4. The number of morpholine rings is 1. The number of hydrogen-bond acceptors (Lipinski definition) is 15. The van der Waals surface area contributed by atoms with Crippen LogP contribution in [0.1, 0.15) is 128 Å². The van der Waals surface area contributed by atoms with Crippen LogP contribution in [0.2, 0.25) is 0 Å². The Morgan fingerprint density at radius 1 is 0.800 bits per heavy atom. The molecule has 7 heterocycles. The van der Waals surface area contributed by atoms with Gasteiger partial charge in [-0.1, -0.05) is 39.8 Å². The molecule has 11 rings (SSSR count). The van der Waals surface area contributed by atoms with E-state index in [0.29, 0.717) is 49.5 Å². The Morgan fingerprint density at radius 2 is 1.45 bits per heavy atom. The number of nitrogens with one attached hydrogen (secondary N) is 1. The van der Waals surface area contributed by atoms with E-state index in [9.17, 15) is 29.4 Å². The van der Waals surface area contributed by atoms with Crippen molar-refractivity contribution in [2.24, 2.45) is 5.92 Å². The lowest BCUT2D eigenvalue weighted by atomic mass is 9.75. The Bertz CT molecular complexity index is 1900. The second kappa shape index (κ2) is 24.5. The van der Waals surface area contributed by atoms with E-state index in [-0.39, 0.29) is 96.7 Å². The van der Waals surface area contributed by atoms with Gasteiger partial charge in [-0.25, -0.2) is 0 Å². The molecule has 2 bridgehead atoms. The number of benzene rings is 2. The van der Waals surface area contributed by atoms with Crippen molar-refractivity contribution in [3.8, 4) is 17.2 Å². The second-order valence-electron chi connectivity index (χ2n) is 17.2. The standard InChI is InChI=1S/C29H30N2O8.C6H10O2.C5H10O2.C4H9NO2.C3H8.CH4/c1-39-20-4-2-3-18-22(20)28(37)24-23(26(18)35)27(36)19-11-14(5-8-17(19)25(24)34)29(38)31-13-15-6-7-16(31)12-30(15)21(33)9-10-32;1-3-7-6-2-4-8-5(1)6;6-5-3-1-2-4-7-5;6-4-3-7-2-1-5-4;1-3-2;/h2-4,14-16,32,34,36H,5-13H2,1H3;5-6H,1-4H2;5-6H,1-4H2;4-6H,1-3H2;3H2,1-2H3;1H4. The molecule has 0 aromatic heterocycles. The quantitative estimate of drug-likeness (QED) is 0.205. The van der Waals surface area contributed by atoms with Crippen molar-refractivity contribution in [2.45, 2.75) is 135 Å². The summed E-state index contributed by atoms with van der Waals surface area (Å²) in [6.45, 7) is 9.39. The first kappa shape index (κ1) is 51.8. The molecule has 17 nitrogen and oxygen atoms in total. The maximum absolute atomic E-state index is 13.7. The number of ether oxygens (including phenoxy) is 5. The summed E-state index contributed by atoms with van der Waals surface area (Å²) >= 11 is 0. The number of hydrogen-bond donors (Lipinski definition) is 6. The fourth-order valence-corrected chi connectivity index (χ4v) is 9.59. The van der Waals surface area contributed by atoms with Gasteiger partial charge < -0.3 is 59.0 Å². The number of phenolic OH excluding ortho intramolecular Hbond substituents is 2. The molecule has 0 radical (unpaired) electrons. The number of fused-ring (bicyclic) bond motifs is 7. The van der Waals surface area contributed by atoms with E-state index >= 15 is 0 Å². The van der Waals surface area contributed by atoms with Crippen LogP contribution in [0.4, 0.5) is 0 Å². The van der Waals surface area contributed by atoms with E-state index in [0.717, 1.165) is 77.9 Å². The van der Waals surface area contributed by atoms with Gasteiger partial charge in [0.15, 0.2) is 12.1 Å². The van der Waals surface area contributed by atoms with Crippen molar-refractivity contribution in [1.82, 2.24) is 15.1 Å². The molecule has 7 unspecified atom stereocenters. The minimum Gasteiger partial charge on any atom is -0.507 e. The highest BCUT2D eigenvalue weighted by atomic mass is 16.6. The van der Waals surface area contributed by atoms with Crippen molar-refractivity contribution in [3.63, 3.8) is 0 Å². The van der Waals surface area contributed by atoms with Gasteiger partial charge in [-0.3, -0.25) is 24.5 Å². The van der Waals surface area contributed by atoms with Gasteiger partial charge in [0.05, 0.1) is 55.8 Å². The summed E-state index contributed by atoms with van der Waals surface area (Å²) in [6.07, 6.45) is 9.02. The summed E-state index contributed by atoms with van der Waals surface area (Å²) in [6, 6.07) is 4.45. The fraction of sp³-hybridized carbons (Fsp3) is 0.667. The Morgan fingerprint density at radius 3 is 1.97 bits per heavy atom. The molecule has 2 aromatic rings. The number of phenols is 2. The second-order valence-corrected chi connectivity index (χ2v) is 17.2. The van der Waals surface area contributed by atoms with Gasteiger partial charge in [-0.05, 0) is 70.3 Å². The summed E-state index contributed by atoms with van der Waals surface area (Å²) in [5.74, 6) is -2.28. The maximum Gasteiger partial charge on any atom is 0.226 e. The van der Waals surface area contributed by atoms with E-state index in [4.69, 9.17) is 39.0 Å². The third-order valence-electron chi connectivity index (χ3n) is 12.8. The van der Waals surface area contributed by atoms with Crippen LogP contribution in [0.25, 0.3) is 0 Å². The van der Waals surface area contributed by atoms with Crippen molar-refractivity contribution < 1.29 is 68.4 Å². The smallest absolute Gasteiger partial charge is 0.226 e. The predicted molar refractivity (Wildman–Crippen MR) is 239 cm³/mol. The first-order valence-electron chi connectivity index (χ1n) is 23.0. The number of amides is 2. The van der Waals surface area contributed by atoms with Crippen LogP contribution in [0, 0.1) is 5.92 Å². The molecule has 7 aliphatic heterocycles. The molecular formula is C48H71N3O14. The van der Waals surface area contributed by atoms with Crippen molar-refractivity contribution in [2.75, 3.05) is 66.4 Å². The molecule has 0 spiro atoms. The summed E-state index contributed by atoms with van der Waals surface area (Å²) in [5.41, 5.74) is 0.400. The Hall–Kier alpha value is -4.20. The van der Waals surface area contributed by atoms with Gasteiger partial charge in [-0.2, -0.15) is 0 Å². The number of piperidine rings is 2. The van der Waals surface area contributed by atoms with Crippen LogP contribution in [-0.2, 0) is 41.4 Å². The number of aliphatic hydroxyl groups is 3.